The lowest BCUT2D eigenvalue weighted by molar-refractivity contribution is -0.130. The Hall–Kier alpha value is -0.970. The highest BCUT2D eigenvalue weighted by Gasteiger charge is 2.18. The number of carbonyl (C=O) groups is 1. The molecule has 0 saturated heterocycles. The Balaban J connectivity index is 2.66. The van der Waals surface area contributed by atoms with Crippen LogP contribution in [0, 0.1) is 13.8 Å². The molecule has 1 amide bonds. The van der Waals surface area contributed by atoms with Gasteiger partial charge in [-0.1, -0.05) is 0 Å². The Morgan fingerprint density at radius 1 is 1.53 bits per heavy atom. The molecule has 4 nitrogen and oxygen atoms in total. The number of nitrogens with one attached hydrogen (secondary N) is 1. The van der Waals surface area contributed by atoms with Gasteiger partial charge in [0.1, 0.15) is 0 Å². The number of carbonyl (C=O) groups excluding carboxylic acids is 1. The maximum Gasteiger partial charge on any atom is 0.227 e. The molecular formula is C12H21N3OS. The standard InChI is InChI=1S/C12H21N3OS/c1-8(7-17-5)15(4)12(16)6-11-9(2)13-14-10(11)3/h8H,6-7H2,1-5H3,(H,13,14)/t8-/m0/s1. The largest absolute Gasteiger partial charge is 0.342 e. The number of rotatable bonds is 5. The smallest absolute Gasteiger partial charge is 0.227 e. The van der Waals surface area contributed by atoms with Gasteiger partial charge in [-0.25, -0.2) is 0 Å². The number of hydrogen-bond acceptors (Lipinski definition) is 3. The predicted molar refractivity (Wildman–Crippen MR) is 72.4 cm³/mol. The molecule has 1 aromatic rings. The van der Waals surface area contributed by atoms with E-state index >= 15 is 0 Å². The van der Waals surface area contributed by atoms with E-state index in [4.69, 9.17) is 0 Å². The minimum absolute atomic E-state index is 0.152. The van der Waals surface area contributed by atoms with Crippen LogP contribution in [0.1, 0.15) is 23.9 Å². The van der Waals surface area contributed by atoms with E-state index in [9.17, 15) is 4.79 Å². The lowest BCUT2D eigenvalue weighted by Gasteiger charge is -2.24. The number of thioether (sulfide) groups is 1. The average molecular weight is 255 g/mol. The molecule has 1 atom stereocenters. The zero-order chi connectivity index (χ0) is 13.0. The maximum absolute atomic E-state index is 12.1. The first kappa shape index (κ1) is 14.1. The van der Waals surface area contributed by atoms with E-state index in [0.29, 0.717) is 6.42 Å². The number of hydrogen-bond donors (Lipinski definition) is 1. The second kappa shape index (κ2) is 6.10. The molecule has 0 aliphatic heterocycles. The lowest BCUT2D eigenvalue weighted by atomic mass is 10.1. The molecule has 0 spiro atoms. The Kier molecular flexibility index (Phi) is 5.05. The first-order valence-electron chi connectivity index (χ1n) is 5.72. The van der Waals surface area contributed by atoms with Gasteiger partial charge in [-0.2, -0.15) is 16.9 Å². The van der Waals surface area contributed by atoms with Crippen LogP contribution in [0.15, 0.2) is 0 Å². The minimum Gasteiger partial charge on any atom is -0.342 e. The Bertz CT molecular complexity index is 370. The summed E-state index contributed by atoms with van der Waals surface area (Å²) in [6.07, 6.45) is 2.49. The minimum atomic E-state index is 0.152. The number of likely N-dealkylation sites (N-methyl/N-ethyl adjacent to an activating group) is 1. The molecule has 0 radical (unpaired) electrons. The molecule has 5 heteroatoms. The van der Waals surface area contributed by atoms with Gasteiger partial charge in [0.25, 0.3) is 0 Å². The average Bonchev–Trinajstić information content (AvgIpc) is 2.60. The van der Waals surface area contributed by atoms with Gasteiger partial charge in [0, 0.05) is 30.1 Å². The lowest BCUT2D eigenvalue weighted by Crippen LogP contribution is -2.37. The van der Waals surface area contributed by atoms with Crippen LogP contribution in [0.2, 0.25) is 0 Å². The summed E-state index contributed by atoms with van der Waals surface area (Å²) >= 11 is 1.76. The van der Waals surface area contributed by atoms with Crippen molar-refractivity contribution in [1.82, 2.24) is 15.1 Å². The van der Waals surface area contributed by atoms with E-state index in [0.717, 1.165) is 22.7 Å². The Morgan fingerprint density at radius 2 is 2.18 bits per heavy atom. The molecule has 0 saturated carbocycles. The fourth-order valence-corrected chi connectivity index (χ4v) is 2.42. The first-order valence-corrected chi connectivity index (χ1v) is 7.11. The highest BCUT2D eigenvalue weighted by Crippen LogP contribution is 2.12. The maximum atomic E-state index is 12.1. The third kappa shape index (κ3) is 3.49. The molecule has 0 aliphatic carbocycles. The summed E-state index contributed by atoms with van der Waals surface area (Å²) in [7, 11) is 1.87. The van der Waals surface area contributed by atoms with Crippen molar-refractivity contribution in [1.29, 1.82) is 0 Å². The van der Waals surface area contributed by atoms with Gasteiger partial charge in [0.05, 0.1) is 12.1 Å². The summed E-state index contributed by atoms with van der Waals surface area (Å²) in [5.41, 5.74) is 2.93. The van der Waals surface area contributed by atoms with Crippen molar-refractivity contribution < 1.29 is 4.79 Å². The van der Waals surface area contributed by atoms with Gasteiger partial charge in [-0.3, -0.25) is 9.89 Å². The second-order valence-corrected chi connectivity index (χ2v) is 5.31. The molecular weight excluding hydrogens is 234 g/mol. The number of aromatic nitrogens is 2. The van der Waals surface area contributed by atoms with Crippen molar-refractivity contribution in [3.8, 4) is 0 Å². The van der Waals surface area contributed by atoms with Crippen LogP contribution in [0.4, 0.5) is 0 Å². The van der Waals surface area contributed by atoms with Crippen LogP contribution >= 0.6 is 11.8 Å². The van der Waals surface area contributed by atoms with Gasteiger partial charge in [0.15, 0.2) is 0 Å². The molecule has 17 heavy (non-hydrogen) atoms. The second-order valence-electron chi connectivity index (χ2n) is 4.40. The SMILES string of the molecule is CSC[C@H](C)N(C)C(=O)Cc1c(C)n[nH]c1C. The summed E-state index contributed by atoms with van der Waals surface area (Å²) in [6.45, 7) is 5.95. The van der Waals surface area contributed by atoms with Gasteiger partial charge < -0.3 is 4.90 Å². The predicted octanol–water partition coefficient (Wildman–Crippen LogP) is 1.78. The van der Waals surface area contributed by atoms with Gasteiger partial charge in [0.2, 0.25) is 5.91 Å². The first-order chi connectivity index (χ1) is 7.97. The van der Waals surface area contributed by atoms with Crippen molar-refractivity contribution in [2.24, 2.45) is 0 Å². The zero-order valence-corrected chi connectivity index (χ0v) is 12.0. The Morgan fingerprint density at radius 3 is 2.65 bits per heavy atom. The number of aromatic amines is 1. The number of nitrogens with zero attached hydrogens (tertiary/aromatic N) is 2. The van der Waals surface area contributed by atoms with Gasteiger partial charge in [-0.15, -0.1) is 0 Å². The fraction of sp³-hybridized carbons (Fsp3) is 0.667. The van der Waals surface area contributed by atoms with Crippen molar-refractivity contribution in [3.05, 3.63) is 17.0 Å². The van der Waals surface area contributed by atoms with Crippen molar-refractivity contribution in [2.75, 3.05) is 19.1 Å². The van der Waals surface area contributed by atoms with E-state index < -0.39 is 0 Å². The highest BCUT2D eigenvalue weighted by atomic mass is 32.2. The van der Waals surface area contributed by atoms with Crippen molar-refractivity contribution in [2.45, 2.75) is 33.2 Å². The number of amides is 1. The summed E-state index contributed by atoms with van der Waals surface area (Å²) in [4.78, 5) is 13.9. The summed E-state index contributed by atoms with van der Waals surface area (Å²) < 4.78 is 0. The molecule has 0 aromatic carbocycles. The highest BCUT2D eigenvalue weighted by molar-refractivity contribution is 7.98. The van der Waals surface area contributed by atoms with E-state index in [2.05, 4.69) is 23.4 Å². The number of H-pyrrole nitrogens is 1. The van der Waals surface area contributed by atoms with E-state index in [1.54, 1.807) is 11.8 Å². The molecule has 1 heterocycles. The van der Waals surface area contributed by atoms with Crippen LogP contribution in [0.5, 0.6) is 0 Å². The van der Waals surface area contributed by atoms with Crippen molar-refractivity contribution in [3.63, 3.8) is 0 Å². The van der Waals surface area contributed by atoms with Gasteiger partial charge >= 0.3 is 0 Å². The molecule has 0 unspecified atom stereocenters. The fourth-order valence-electron chi connectivity index (χ4n) is 1.71. The van der Waals surface area contributed by atoms with E-state index in [-0.39, 0.29) is 11.9 Å². The van der Waals surface area contributed by atoms with Crippen LogP contribution in [-0.2, 0) is 11.2 Å². The van der Waals surface area contributed by atoms with Gasteiger partial charge in [-0.05, 0) is 27.0 Å². The molecule has 96 valence electrons. The van der Waals surface area contributed by atoms with E-state index in [1.165, 1.54) is 0 Å². The van der Waals surface area contributed by atoms with Crippen LogP contribution in [0.25, 0.3) is 0 Å². The summed E-state index contributed by atoms with van der Waals surface area (Å²) in [5, 5.41) is 7.02. The molecule has 1 rings (SSSR count). The molecule has 0 bridgehead atoms. The van der Waals surface area contributed by atoms with Crippen LogP contribution in [-0.4, -0.2) is 46.1 Å². The van der Waals surface area contributed by atoms with Crippen LogP contribution in [0.3, 0.4) is 0 Å². The third-order valence-electron chi connectivity index (χ3n) is 3.07. The van der Waals surface area contributed by atoms with Crippen molar-refractivity contribution >= 4 is 17.7 Å². The quantitative estimate of drug-likeness (QED) is 0.872. The van der Waals surface area contributed by atoms with Crippen LogP contribution < -0.4 is 0 Å². The molecule has 1 aromatic heterocycles. The normalized spacial score (nSPS) is 12.5. The summed E-state index contributed by atoms with van der Waals surface area (Å²) in [6, 6.07) is 0.269. The third-order valence-corrected chi connectivity index (χ3v) is 3.89. The van der Waals surface area contributed by atoms with E-state index in [1.807, 2.05) is 25.8 Å². The topological polar surface area (TPSA) is 49.0 Å². The Labute approximate surface area is 107 Å². The summed E-state index contributed by atoms with van der Waals surface area (Å²) in [5.74, 6) is 1.12. The molecule has 0 aliphatic rings. The monoisotopic (exact) mass is 255 g/mol. The molecule has 0 fully saturated rings. The zero-order valence-electron chi connectivity index (χ0n) is 11.2. The molecule has 1 N–H and O–H groups in total. The number of aryl methyl sites for hydroxylation is 2.